The minimum absolute atomic E-state index is 0.0728. The molecule has 0 radical (unpaired) electrons. The Morgan fingerprint density at radius 1 is 0.500 bits per heavy atom. The van der Waals surface area contributed by atoms with E-state index in [4.69, 9.17) is 32.7 Å². The monoisotopic (exact) mass is 582 g/mol. The Kier molecular flexibility index (Phi) is 10.0. The van der Waals surface area contributed by atoms with Gasteiger partial charge in [-0.3, -0.25) is 0 Å². The van der Waals surface area contributed by atoms with Gasteiger partial charge in [0.1, 0.15) is 23.0 Å². The van der Waals surface area contributed by atoms with Crippen molar-refractivity contribution >= 4 is 23.2 Å². The highest BCUT2D eigenvalue weighted by Gasteiger charge is 2.28. The van der Waals surface area contributed by atoms with E-state index in [2.05, 4.69) is 93.5 Å². The summed E-state index contributed by atoms with van der Waals surface area (Å²) in [6.07, 6.45) is 2.18. The Balaban J connectivity index is 1.81. The van der Waals surface area contributed by atoms with Crippen LogP contribution in [0.5, 0.6) is 23.0 Å². The molecule has 40 heavy (non-hydrogen) atoms. The second kappa shape index (κ2) is 12.4. The smallest absolute Gasteiger partial charge is 0.132 e. The summed E-state index contributed by atoms with van der Waals surface area (Å²) < 4.78 is 12.6. The Bertz CT molecular complexity index is 1160. The van der Waals surface area contributed by atoms with Gasteiger partial charge in [-0.1, -0.05) is 93.5 Å². The maximum Gasteiger partial charge on any atom is 0.132 e. The zero-order valence-corrected chi connectivity index (χ0v) is 27.7. The van der Waals surface area contributed by atoms with Gasteiger partial charge in [0.15, 0.2) is 0 Å². The molecule has 0 saturated heterocycles. The van der Waals surface area contributed by atoms with Crippen molar-refractivity contribution in [3.63, 3.8) is 0 Å². The van der Waals surface area contributed by atoms with Crippen LogP contribution < -0.4 is 9.47 Å². The molecule has 2 nitrogen and oxygen atoms in total. The average molecular weight is 584 g/mol. The van der Waals surface area contributed by atoms with Crippen LogP contribution in [0, 0.1) is 10.8 Å². The minimum atomic E-state index is 0.0728. The molecule has 0 heterocycles. The lowest BCUT2D eigenvalue weighted by molar-refractivity contribution is 0.283. The first-order chi connectivity index (χ1) is 18.4. The van der Waals surface area contributed by atoms with Gasteiger partial charge in [0.2, 0.25) is 0 Å². The summed E-state index contributed by atoms with van der Waals surface area (Å²) in [6, 6.07) is 20.7. The maximum atomic E-state index is 6.37. The van der Waals surface area contributed by atoms with E-state index < -0.39 is 0 Å². The molecule has 218 valence electrons. The lowest BCUT2D eigenvalue weighted by Gasteiger charge is -2.33. The normalized spacial score (nSPS) is 12.9. The Hall–Kier alpha value is -2.16. The van der Waals surface area contributed by atoms with Crippen molar-refractivity contribution < 1.29 is 9.47 Å². The third-order valence-electron chi connectivity index (χ3n) is 7.20. The molecule has 0 saturated carbocycles. The highest BCUT2D eigenvalue weighted by atomic mass is 35.5. The molecule has 3 rings (SSSR count). The predicted molar refractivity (Wildman–Crippen MR) is 173 cm³/mol. The molecule has 0 aliphatic rings. The van der Waals surface area contributed by atoms with Crippen LogP contribution in [0.15, 0.2) is 60.7 Å². The van der Waals surface area contributed by atoms with Crippen LogP contribution in [0.25, 0.3) is 0 Å². The van der Waals surface area contributed by atoms with Crippen LogP contribution in [0.1, 0.15) is 104 Å². The van der Waals surface area contributed by atoms with E-state index in [0.29, 0.717) is 23.3 Å². The molecule has 0 aliphatic heterocycles. The van der Waals surface area contributed by atoms with Crippen molar-refractivity contribution in [3.8, 4) is 23.0 Å². The lowest BCUT2D eigenvalue weighted by atomic mass is 9.72. The Morgan fingerprint density at radius 3 is 1.05 bits per heavy atom. The zero-order valence-electron chi connectivity index (χ0n) is 26.2. The molecule has 4 heteroatoms. The van der Waals surface area contributed by atoms with Crippen molar-refractivity contribution in [3.05, 3.63) is 82.9 Å². The molecule has 0 fully saturated rings. The fourth-order valence-corrected chi connectivity index (χ4v) is 6.52. The van der Waals surface area contributed by atoms with Crippen LogP contribution in [0.2, 0.25) is 0 Å². The van der Waals surface area contributed by atoms with E-state index in [1.54, 1.807) is 0 Å². The summed E-state index contributed by atoms with van der Waals surface area (Å²) in [5, 5.41) is 0. The van der Waals surface area contributed by atoms with Gasteiger partial charge in [0, 0.05) is 11.1 Å². The summed E-state index contributed by atoms with van der Waals surface area (Å²) in [7, 11) is 0. The first-order valence-corrected chi connectivity index (χ1v) is 15.3. The molecule has 0 aromatic heterocycles. The second-order valence-electron chi connectivity index (χ2n) is 14.8. The van der Waals surface area contributed by atoms with Crippen molar-refractivity contribution in [2.45, 2.75) is 105 Å². The van der Waals surface area contributed by atoms with E-state index in [1.807, 2.05) is 36.4 Å². The largest absolute Gasteiger partial charge is 0.457 e. The van der Waals surface area contributed by atoms with Gasteiger partial charge < -0.3 is 9.47 Å². The second-order valence-corrected chi connectivity index (χ2v) is 15.4. The highest BCUT2D eigenvalue weighted by Crippen LogP contribution is 2.40. The molecule has 0 bridgehead atoms. The predicted octanol–water partition coefficient (Wildman–Crippen LogP) is 12.2. The van der Waals surface area contributed by atoms with E-state index in [0.717, 1.165) is 35.5 Å². The number of hydrogen-bond acceptors (Lipinski definition) is 2. The van der Waals surface area contributed by atoms with Gasteiger partial charge in [-0.05, 0) is 82.0 Å². The van der Waals surface area contributed by atoms with Gasteiger partial charge in [0.05, 0.1) is 11.8 Å². The number of benzene rings is 3. The molecule has 3 aromatic carbocycles. The minimum Gasteiger partial charge on any atom is -0.457 e. The molecule has 0 spiro atoms. The summed E-state index contributed by atoms with van der Waals surface area (Å²) in [5.41, 5.74) is 4.94. The summed E-state index contributed by atoms with van der Waals surface area (Å²) in [6.45, 7) is 22.9. The fourth-order valence-electron chi connectivity index (χ4n) is 6.10. The topological polar surface area (TPSA) is 18.5 Å². The molecule has 3 aromatic rings. The van der Waals surface area contributed by atoms with Gasteiger partial charge in [-0.15, -0.1) is 23.2 Å². The standard InChI is InChI=1S/C36H48Cl2O2/c1-33(2,3)23-35(7,8)27-11-15-29(16-12-27)39-31-19-26(22-38)32(20-25(31)21-37)40-30-17-13-28(14-18-30)36(9,10)24-34(4,5)6/h11-20H,21-24H2,1-10H3. The van der Waals surface area contributed by atoms with Gasteiger partial charge in [-0.2, -0.15) is 0 Å². The molecular formula is C36H48Cl2O2. The number of rotatable bonds is 10. The van der Waals surface area contributed by atoms with Gasteiger partial charge >= 0.3 is 0 Å². The zero-order chi connectivity index (χ0) is 29.9. The number of alkyl halides is 2. The fraction of sp³-hybridized carbons (Fsp3) is 0.500. The number of hydrogen-bond donors (Lipinski definition) is 0. The number of halogens is 2. The Labute approximate surface area is 253 Å². The molecule has 0 atom stereocenters. The summed E-state index contributed by atoms with van der Waals surface area (Å²) in [5.74, 6) is 3.52. The molecule has 0 unspecified atom stereocenters. The van der Waals surface area contributed by atoms with Crippen molar-refractivity contribution in [2.24, 2.45) is 10.8 Å². The van der Waals surface area contributed by atoms with E-state index in [1.165, 1.54) is 11.1 Å². The van der Waals surface area contributed by atoms with Gasteiger partial charge in [0.25, 0.3) is 0 Å². The third-order valence-corrected chi connectivity index (χ3v) is 7.78. The molecular weight excluding hydrogens is 535 g/mol. The van der Waals surface area contributed by atoms with Crippen LogP contribution in [0.4, 0.5) is 0 Å². The van der Waals surface area contributed by atoms with E-state index >= 15 is 0 Å². The quantitative estimate of drug-likeness (QED) is 0.221. The molecule has 0 N–H and O–H groups in total. The van der Waals surface area contributed by atoms with Crippen molar-refractivity contribution in [1.82, 2.24) is 0 Å². The summed E-state index contributed by atoms with van der Waals surface area (Å²) >= 11 is 12.7. The Morgan fingerprint density at radius 2 is 0.800 bits per heavy atom. The van der Waals surface area contributed by atoms with Crippen LogP contribution >= 0.6 is 23.2 Å². The number of ether oxygens (including phenoxy) is 2. The highest BCUT2D eigenvalue weighted by molar-refractivity contribution is 6.18. The molecule has 0 amide bonds. The van der Waals surface area contributed by atoms with E-state index in [9.17, 15) is 0 Å². The van der Waals surface area contributed by atoms with E-state index in [-0.39, 0.29) is 21.7 Å². The van der Waals surface area contributed by atoms with Crippen LogP contribution in [-0.4, -0.2) is 0 Å². The average Bonchev–Trinajstić information content (AvgIpc) is 2.82. The SMILES string of the molecule is CC(C)(C)CC(C)(C)c1ccc(Oc2cc(CCl)c(Oc3ccc(C(C)(C)CC(C)(C)C)cc3)cc2CCl)cc1. The lowest BCUT2D eigenvalue weighted by Crippen LogP contribution is -2.24. The van der Waals surface area contributed by atoms with Gasteiger partial charge in [-0.25, -0.2) is 0 Å². The molecule has 0 aliphatic carbocycles. The van der Waals surface area contributed by atoms with Crippen LogP contribution in [-0.2, 0) is 22.6 Å². The third kappa shape index (κ3) is 8.92. The first-order valence-electron chi connectivity index (χ1n) is 14.3. The summed E-state index contributed by atoms with van der Waals surface area (Å²) in [4.78, 5) is 0. The first kappa shape index (κ1) is 32.4. The van der Waals surface area contributed by atoms with Crippen LogP contribution in [0.3, 0.4) is 0 Å². The van der Waals surface area contributed by atoms with Crippen molar-refractivity contribution in [1.29, 1.82) is 0 Å². The maximum absolute atomic E-state index is 6.37. The van der Waals surface area contributed by atoms with Crippen molar-refractivity contribution in [2.75, 3.05) is 0 Å².